The molecule has 0 bridgehead atoms. The average Bonchev–Trinajstić information content (AvgIpc) is 2.96. The fourth-order valence-electron chi connectivity index (χ4n) is 1.77. The van der Waals surface area contributed by atoms with Gasteiger partial charge in [0.05, 0.1) is 7.11 Å². The second-order valence-corrected chi connectivity index (χ2v) is 7.16. The third-order valence-corrected chi connectivity index (χ3v) is 4.66. The highest BCUT2D eigenvalue weighted by Gasteiger charge is 2.16. The molecule has 0 aliphatic heterocycles. The van der Waals surface area contributed by atoms with Crippen molar-refractivity contribution < 1.29 is 17.9 Å². The summed E-state index contributed by atoms with van der Waals surface area (Å²) in [7, 11) is -2.01. The molecule has 0 unspecified atom stereocenters. The summed E-state index contributed by atoms with van der Waals surface area (Å²) in [6.07, 6.45) is 4.27. The molecule has 1 heterocycles. The number of benzene rings is 1. The topological polar surface area (TPSA) is 60.4 Å². The number of hydrogen-bond donors (Lipinski definition) is 0. The molecule has 0 spiro atoms. The fourth-order valence-corrected chi connectivity index (χ4v) is 3.22. The van der Waals surface area contributed by atoms with Gasteiger partial charge in [-0.15, -0.1) is 0 Å². The van der Waals surface area contributed by atoms with Crippen molar-refractivity contribution in [3.63, 3.8) is 0 Å². The summed E-state index contributed by atoms with van der Waals surface area (Å²) in [5.74, 6) is -0.0353. The number of hydrogen-bond acceptors (Lipinski definition) is 5. The quantitative estimate of drug-likeness (QED) is 0.627. The summed E-state index contributed by atoms with van der Waals surface area (Å²) >= 11 is 1.55. The van der Waals surface area contributed by atoms with E-state index in [1.807, 2.05) is 16.8 Å². The zero-order valence-electron chi connectivity index (χ0n) is 11.6. The molecular weight excluding hydrogens is 308 g/mol. The van der Waals surface area contributed by atoms with Gasteiger partial charge in [-0.05, 0) is 46.7 Å². The van der Waals surface area contributed by atoms with E-state index in [1.54, 1.807) is 17.4 Å². The summed E-state index contributed by atoms with van der Waals surface area (Å²) in [5.41, 5.74) is 1.33. The molecule has 0 radical (unpaired) electrons. The maximum Gasteiger partial charge on any atom is 0.185 e. The summed E-state index contributed by atoms with van der Waals surface area (Å²) in [5, 5.41) is 3.85. The van der Waals surface area contributed by atoms with Crippen molar-refractivity contribution in [2.75, 3.05) is 13.4 Å². The van der Waals surface area contributed by atoms with Gasteiger partial charge in [-0.25, -0.2) is 8.42 Å². The molecule has 0 amide bonds. The van der Waals surface area contributed by atoms with Crippen LogP contribution in [0, 0.1) is 0 Å². The maximum atomic E-state index is 12.1. The predicted molar refractivity (Wildman–Crippen MR) is 83.8 cm³/mol. The minimum atomic E-state index is -3.39. The van der Waals surface area contributed by atoms with Crippen LogP contribution in [0.1, 0.15) is 15.9 Å². The number of carbonyl (C=O) groups is 1. The van der Waals surface area contributed by atoms with Crippen LogP contribution in [0.15, 0.2) is 46.0 Å². The van der Waals surface area contributed by atoms with Crippen molar-refractivity contribution in [2.45, 2.75) is 4.90 Å². The zero-order valence-corrected chi connectivity index (χ0v) is 13.2. The normalized spacial score (nSPS) is 11.7. The number of allylic oxidation sites excluding steroid dienone is 1. The van der Waals surface area contributed by atoms with E-state index in [0.29, 0.717) is 5.56 Å². The van der Waals surface area contributed by atoms with Crippen LogP contribution >= 0.6 is 11.3 Å². The summed E-state index contributed by atoms with van der Waals surface area (Å²) < 4.78 is 28.3. The van der Waals surface area contributed by atoms with Gasteiger partial charge in [-0.1, -0.05) is 6.08 Å². The first-order valence-corrected chi connectivity index (χ1v) is 8.88. The number of ketones is 1. The third kappa shape index (κ3) is 3.80. The minimum Gasteiger partial charge on any atom is -0.495 e. The number of thiophene rings is 1. The van der Waals surface area contributed by atoms with Crippen molar-refractivity contribution in [1.82, 2.24) is 0 Å². The molecule has 0 N–H and O–H groups in total. The number of ether oxygens (including phenoxy) is 1. The second-order valence-electron chi connectivity index (χ2n) is 4.39. The van der Waals surface area contributed by atoms with Crippen LogP contribution in [-0.4, -0.2) is 27.6 Å². The molecule has 2 rings (SSSR count). The van der Waals surface area contributed by atoms with Gasteiger partial charge < -0.3 is 4.74 Å². The van der Waals surface area contributed by atoms with Crippen LogP contribution in [-0.2, 0) is 9.84 Å². The van der Waals surface area contributed by atoms with E-state index >= 15 is 0 Å². The van der Waals surface area contributed by atoms with Crippen molar-refractivity contribution in [3.8, 4) is 5.75 Å². The summed E-state index contributed by atoms with van der Waals surface area (Å²) in [6, 6.07) is 6.22. The smallest absolute Gasteiger partial charge is 0.185 e. The molecule has 0 fully saturated rings. The van der Waals surface area contributed by atoms with Gasteiger partial charge in [0.1, 0.15) is 10.6 Å². The van der Waals surface area contributed by atoms with Gasteiger partial charge in [0.25, 0.3) is 0 Å². The Bertz CT molecular complexity index is 772. The lowest BCUT2D eigenvalue weighted by molar-refractivity contribution is 0.104. The summed E-state index contributed by atoms with van der Waals surface area (Å²) in [6.45, 7) is 0. The van der Waals surface area contributed by atoms with Gasteiger partial charge in [0.2, 0.25) is 0 Å². The standard InChI is InChI=1S/C15H14O4S2/c1-19-14-9-12(4-6-15(14)21(2,17)18)13(16)5-3-11-7-8-20-10-11/h3-10H,1-2H3/b5-3+. The minimum absolute atomic E-state index is 0.0726. The first-order valence-electron chi connectivity index (χ1n) is 6.04. The van der Waals surface area contributed by atoms with Gasteiger partial charge in [0, 0.05) is 11.8 Å². The monoisotopic (exact) mass is 322 g/mol. The Morgan fingerprint density at radius 1 is 1.29 bits per heavy atom. The van der Waals surface area contributed by atoms with E-state index in [2.05, 4.69) is 0 Å². The molecule has 1 aromatic heterocycles. The van der Waals surface area contributed by atoms with Gasteiger partial charge >= 0.3 is 0 Å². The second kappa shape index (κ2) is 6.24. The highest BCUT2D eigenvalue weighted by Crippen LogP contribution is 2.25. The van der Waals surface area contributed by atoms with Crippen LogP contribution in [0.3, 0.4) is 0 Å². The Morgan fingerprint density at radius 2 is 2.05 bits per heavy atom. The number of rotatable bonds is 5. The Labute approximate surface area is 127 Å². The molecule has 0 aliphatic rings. The number of sulfone groups is 1. The average molecular weight is 322 g/mol. The molecule has 0 atom stereocenters. The van der Waals surface area contributed by atoms with Crippen LogP contribution in [0.2, 0.25) is 0 Å². The Kier molecular flexibility index (Phi) is 4.59. The lowest BCUT2D eigenvalue weighted by atomic mass is 10.1. The third-order valence-electron chi connectivity index (χ3n) is 2.82. The van der Waals surface area contributed by atoms with Crippen molar-refractivity contribution >= 4 is 33.0 Å². The highest BCUT2D eigenvalue weighted by atomic mass is 32.2. The molecule has 0 saturated heterocycles. The van der Waals surface area contributed by atoms with E-state index in [-0.39, 0.29) is 16.4 Å². The SMILES string of the molecule is COc1cc(C(=O)/C=C/c2ccsc2)ccc1S(C)(=O)=O. The highest BCUT2D eigenvalue weighted by molar-refractivity contribution is 7.90. The Hall–Kier alpha value is -1.92. The molecular formula is C15H14O4S2. The first kappa shape index (κ1) is 15.5. The molecule has 4 nitrogen and oxygen atoms in total. The lowest BCUT2D eigenvalue weighted by Crippen LogP contribution is -2.03. The van der Waals surface area contributed by atoms with Crippen LogP contribution in [0.5, 0.6) is 5.75 Å². The lowest BCUT2D eigenvalue weighted by Gasteiger charge is -2.07. The number of methoxy groups -OCH3 is 1. The zero-order chi connectivity index (χ0) is 15.5. The van der Waals surface area contributed by atoms with Crippen LogP contribution in [0.25, 0.3) is 6.08 Å². The van der Waals surface area contributed by atoms with Gasteiger partial charge in [-0.3, -0.25) is 4.79 Å². The van der Waals surface area contributed by atoms with Gasteiger partial charge in [0.15, 0.2) is 15.6 Å². The van der Waals surface area contributed by atoms with E-state index in [0.717, 1.165) is 11.8 Å². The molecule has 21 heavy (non-hydrogen) atoms. The van der Waals surface area contributed by atoms with Crippen LogP contribution in [0.4, 0.5) is 0 Å². The van der Waals surface area contributed by atoms with E-state index < -0.39 is 9.84 Å². The van der Waals surface area contributed by atoms with E-state index in [9.17, 15) is 13.2 Å². The van der Waals surface area contributed by atoms with E-state index in [4.69, 9.17) is 4.74 Å². The molecule has 6 heteroatoms. The van der Waals surface area contributed by atoms with E-state index in [1.165, 1.54) is 31.4 Å². The molecule has 0 aliphatic carbocycles. The molecule has 2 aromatic rings. The van der Waals surface area contributed by atoms with Crippen LogP contribution < -0.4 is 4.74 Å². The molecule has 0 saturated carbocycles. The van der Waals surface area contributed by atoms with Crippen molar-refractivity contribution in [3.05, 3.63) is 52.2 Å². The Balaban J connectivity index is 2.31. The van der Waals surface area contributed by atoms with Crippen molar-refractivity contribution in [2.24, 2.45) is 0 Å². The summed E-state index contributed by atoms with van der Waals surface area (Å²) in [4.78, 5) is 12.2. The van der Waals surface area contributed by atoms with Gasteiger partial charge in [-0.2, -0.15) is 11.3 Å². The predicted octanol–water partition coefficient (Wildman–Crippen LogP) is 3.06. The molecule has 110 valence electrons. The Morgan fingerprint density at radius 3 is 2.62 bits per heavy atom. The largest absolute Gasteiger partial charge is 0.495 e. The van der Waals surface area contributed by atoms with Crippen molar-refractivity contribution in [1.29, 1.82) is 0 Å². The number of carbonyl (C=O) groups excluding carboxylic acids is 1. The maximum absolute atomic E-state index is 12.1. The fraction of sp³-hybridized carbons (Fsp3) is 0.133. The molecule has 1 aromatic carbocycles. The first-order chi connectivity index (χ1) is 9.91.